The first-order chi connectivity index (χ1) is 7.65. The summed E-state index contributed by atoms with van der Waals surface area (Å²) < 4.78 is 2.24. The van der Waals surface area contributed by atoms with Crippen LogP contribution >= 0.6 is 0 Å². The Bertz CT molecular complexity index is 299. The molecule has 3 nitrogen and oxygen atoms in total. The molecule has 1 aromatic heterocycles. The molecular weight excluding hydrogens is 198 g/mol. The lowest BCUT2D eigenvalue weighted by atomic mass is 9.95. The summed E-state index contributed by atoms with van der Waals surface area (Å²) in [4.78, 5) is 2.44. The molecule has 0 aromatic carbocycles. The summed E-state index contributed by atoms with van der Waals surface area (Å²) in [6.07, 6.45) is 6.26. The maximum absolute atomic E-state index is 3.49. The average Bonchev–Trinajstić information content (AvgIpc) is 2.14. The maximum atomic E-state index is 3.49. The third-order valence-electron chi connectivity index (χ3n) is 3.58. The number of likely N-dealkylation sites (N-methyl/N-ethyl adjacent to an activating group) is 1. The predicted octanol–water partition coefficient (Wildman–Crippen LogP) is 2.67. The fourth-order valence-electron chi connectivity index (χ4n) is 2.46. The van der Waals surface area contributed by atoms with Gasteiger partial charge in [-0.1, -0.05) is 13.8 Å². The minimum absolute atomic E-state index is 0.744. The van der Waals surface area contributed by atoms with Crippen molar-refractivity contribution < 1.29 is 0 Å². The number of aromatic nitrogens is 2. The van der Waals surface area contributed by atoms with Crippen molar-refractivity contribution in [1.29, 1.82) is 0 Å². The number of nitrogens with zero attached hydrogens (tertiary/aromatic N) is 2. The Labute approximate surface area is 98.8 Å². The van der Waals surface area contributed by atoms with E-state index in [4.69, 9.17) is 0 Å². The quantitative estimate of drug-likeness (QED) is 0.833. The fraction of sp³-hybridized carbons (Fsp3) is 0.846. The molecule has 0 saturated carbocycles. The van der Waals surface area contributed by atoms with Crippen molar-refractivity contribution in [2.75, 3.05) is 20.1 Å². The minimum atomic E-state index is 0.744. The molecule has 16 heavy (non-hydrogen) atoms. The van der Waals surface area contributed by atoms with Crippen LogP contribution in [0.2, 0.25) is 0 Å². The van der Waals surface area contributed by atoms with E-state index in [1.807, 2.05) is 0 Å². The molecule has 1 N–H and O–H groups in total. The lowest BCUT2D eigenvalue weighted by Gasteiger charge is -2.31. The van der Waals surface area contributed by atoms with Gasteiger partial charge in [-0.15, -0.1) is 0 Å². The Hall–Kier alpha value is -0.700. The second kappa shape index (κ2) is 5.09. The molecule has 1 aromatic rings. The first-order valence-electron chi connectivity index (χ1n) is 6.58. The molecule has 1 atom stereocenters. The summed E-state index contributed by atoms with van der Waals surface area (Å²) >= 11 is 0. The van der Waals surface area contributed by atoms with Crippen molar-refractivity contribution >= 4 is 0 Å². The molecule has 0 spiro atoms. The summed E-state index contributed by atoms with van der Waals surface area (Å²) in [7, 11) is 2.22. The second-order valence-corrected chi connectivity index (χ2v) is 5.67. The van der Waals surface area contributed by atoms with Crippen LogP contribution in [0.4, 0.5) is 0 Å². The summed E-state index contributed by atoms with van der Waals surface area (Å²) in [5.74, 6) is 1.54. The molecule has 2 heterocycles. The number of piperidine rings is 1. The Balaban J connectivity index is 1.80. The van der Waals surface area contributed by atoms with Gasteiger partial charge in [0, 0.05) is 25.2 Å². The van der Waals surface area contributed by atoms with Crippen LogP contribution in [0.5, 0.6) is 0 Å². The van der Waals surface area contributed by atoms with Gasteiger partial charge in [0.1, 0.15) is 0 Å². The molecule has 1 fully saturated rings. The van der Waals surface area contributed by atoms with E-state index in [9.17, 15) is 0 Å². The van der Waals surface area contributed by atoms with E-state index >= 15 is 0 Å². The van der Waals surface area contributed by atoms with Crippen LogP contribution in [0.1, 0.15) is 44.7 Å². The SMILES string of the molecule is CC(C)CCn1cc(C2CCCN(C)C2)[nH]1. The van der Waals surface area contributed by atoms with Gasteiger partial charge in [-0.3, -0.25) is 4.68 Å². The van der Waals surface area contributed by atoms with Crippen LogP contribution in [0, 0.1) is 5.92 Å². The summed E-state index contributed by atoms with van der Waals surface area (Å²) in [5.41, 5.74) is 1.45. The van der Waals surface area contributed by atoms with Gasteiger partial charge in [0.25, 0.3) is 0 Å². The molecule has 0 aliphatic carbocycles. The standard InChI is InChI=1S/C13H25N3/c1-11(2)6-8-16-10-13(14-16)12-5-4-7-15(3)9-12/h10-12,14H,4-9H2,1-3H3. The van der Waals surface area contributed by atoms with Gasteiger partial charge in [-0.05, 0) is 38.8 Å². The molecule has 2 rings (SSSR count). The van der Waals surface area contributed by atoms with E-state index in [2.05, 4.69) is 41.8 Å². The van der Waals surface area contributed by atoms with Crippen LogP contribution < -0.4 is 0 Å². The fourth-order valence-corrected chi connectivity index (χ4v) is 2.46. The summed E-state index contributed by atoms with van der Waals surface area (Å²) in [6, 6.07) is 0. The van der Waals surface area contributed by atoms with Crippen molar-refractivity contribution in [2.45, 2.75) is 45.6 Å². The van der Waals surface area contributed by atoms with Crippen molar-refractivity contribution in [2.24, 2.45) is 5.92 Å². The van der Waals surface area contributed by atoms with Crippen molar-refractivity contribution in [3.8, 4) is 0 Å². The van der Waals surface area contributed by atoms with Gasteiger partial charge in [-0.25, -0.2) is 0 Å². The molecule has 1 aliphatic rings. The van der Waals surface area contributed by atoms with Crippen molar-refractivity contribution in [3.63, 3.8) is 0 Å². The van der Waals surface area contributed by atoms with E-state index in [1.54, 1.807) is 0 Å². The van der Waals surface area contributed by atoms with Gasteiger partial charge in [0.05, 0.1) is 5.69 Å². The first kappa shape index (κ1) is 11.8. The highest BCUT2D eigenvalue weighted by Crippen LogP contribution is 2.25. The van der Waals surface area contributed by atoms with Crippen LogP contribution in [-0.2, 0) is 6.54 Å². The normalized spacial score (nSPS) is 23.1. The van der Waals surface area contributed by atoms with E-state index < -0.39 is 0 Å². The molecule has 92 valence electrons. The molecule has 3 heteroatoms. The van der Waals surface area contributed by atoms with Gasteiger partial charge < -0.3 is 10.00 Å². The molecule has 1 unspecified atom stereocenters. The number of rotatable bonds is 4. The van der Waals surface area contributed by atoms with Crippen LogP contribution in [0.25, 0.3) is 0 Å². The second-order valence-electron chi connectivity index (χ2n) is 5.67. The Morgan fingerprint density at radius 2 is 2.25 bits per heavy atom. The zero-order valence-electron chi connectivity index (χ0n) is 10.9. The average molecular weight is 223 g/mol. The third kappa shape index (κ3) is 2.91. The van der Waals surface area contributed by atoms with Crippen LogP contribution in [0.3, 0.4) is 0 Å². The number of hydrogen-bond donors (Lipinski definition) is 1. The molecule has 0 bridgehead atoms. The monoisotopic (exact) mass is 223 g/mol. The number of hydrogen-bond acceptors (Lipinski definition) is 1. The number of aryl methyl sites for hydroxylation is 1. The Morgan fingerprint density at radius 3 is 2.88 bits per heavy atom. The molecule has 1 saturated heterocycles. The first-order valence-corrected chi connectivity index (χ1v) is 6.58. The largest absolute Gasteiger partial charge is 0.306 e. The van der Waals surface area contributed by atoms with Gasteiger partial charge >= 0.3 is 0 Å². The maximum Gasteiger partial charge on any atom is 0.0537 e. The number of nitrogens with one attached hydrogen (secondary N) is 1. The Morgan fingerprint density at radius 1 is 1.50 bits per heavy atom. The number of H-pyrrole nitrogens is 1. The molecule has 0 amide bonds. The number of aromatic amines is 1. The predicted molar refractivity (Wildman–Crippen MR) is 67.7 cm³/mol. The molecule has 1 aliphatic heterocycles. The Kier molecular flexibility index (Phi) is 3.74. The highest BCUT2D eigenvalue weighted by Gasteiger charge is 2.21. The molecule has 0 radical (unpaired) electrons. The van der Waals surface area contributed by atoms with Crippen molar-refractivity contribution in [3.05, 3.63) is 11.9 Å². The smallest absolute Gasteiger partial charge is 0.0537 e. The van der Waals surface area contributed by atoms with E-state index in [1.165, 1.54) is 38.0 Å². The zero-order chi connectivity index (χ0) is 11.5. The minimum Gasteiger partial charge on any atom is -0.306 e. The topological polar surface area (TPSA) is 24.0 Å². The van der Waals surface area contributed by atoms with Crippen LogP contribution in [0.15, 0.2) is 6.20 Å². The van der Waals surface area contributed by atoms with E-state index in [0.717, 1.165) is 18.4 Å². The van der Waals surface area contributed by atoms with Gasteiger partial charge in [0.2, 0.25) is 0 Å². The van der Waals surface area contributed by atoms with Gasteiger partial charge in [-0.2, -0.15) is 0 Å². The summed E-state index contributed by atoms with van der Waals surface area (Å²) in [6.45, 7) is 8.18. The van der Waals surface area contributed by atoms with Gasteiger partial charge in [0.15, 0.2) is 0 Å². The summed E-state index contributed by atoms with van der Waals surface area (Å²) in [5, 5.41) is 3.49. The third-order valence-corrected chi connectivity index (χ3v) is 3.58. The highest BCUT2D eigenvalue weighted by atomic mass is 15.3. The number of likely N-dealkylation sites (tertiary alicyclic amines) is 1. The lowest BCUT2D eigenvalue weighted by Crippen LogP contribution is -2.33. The van der Waals surface area contributed by atoms with Crippen molar-refractivity contribution in [1.82, 2.24) is 14.7 Å². The lowest BCUT2D eigenvalue weighted by molar-refractivity contribution is 0.242. The van der Waals surface area contributed by atoms with Crippen LogP contribution in [-0.4, -0.2) is 34.8 Å². The highest BCUT2D eigenvalue weighted by molar-refractivity contribution is 5.07. The van der Waals surface area contributed by atoms with E-state index in [0.29, 0.717) is 0 Å². The zero-order valence-corrected chi connectivity index (χ0v) is 10.9. The molecular formula is C13H25N3. The van der Waals surface area contributed by atoms with E-state index in [-0.39, 0.29) is 0 Å².